The molecule has 0 aromatic carbocycles. The molecule has 1 atom stereocenters. The van der Waals surface area contributed by atoms with Crippen molar-refractivity contribution in [3.05, 3.63) is 22.0 Å². The zero-order chi connectivity index (χ0) is 11.8. The fourth-order valence-electron chi connectivity index (χ4n) is 1.25. The summed E-state index contributed by atoms with van der Waals surface area (Å²) in [6, 6.07) is 2.09. The molecule has 0 saturated heterocycles. The number of pyridine rings is 1. The molecule has 0 aliphatic rings. The van der Waals surface area contributed by atoms with Gasteiger partial charge in [0.15, 0.2) is 0 Å². The van der Waals surface area contributed by atoms with Gasteiger partial charge in [0.2, 0.25) is 0 Å². The molecule has 1 heterocycles. The van der Waals surface area contributed by atoms with E-state index in [2.05, 4.69) is 57.8 Å². The summed E-state index contributed by atoms with van der Waals surface area (Å²) in [5.41, 5.74) is 1.08. The van der Waals surface area contributed by atoms with Crippen LogP contribution in [0.5, 0.6) is 0 Å². The number of nitrogens with one attached hydrogen (secondary N) is 1. The molecule has 0 amide bonds. The lowest BCUT2D eigenvalue weighted by Crippen LogP contribution is -2.14. The van der Waals surface area contributed by atoms with Crippen LogP contribution in [0.25, 0.3) is 0 Å². The van der Waals surface area contributed by atoms with Gasteiger partial charge in [0.25, 0.3) is 0 Å². The van der Waals surface area contributed by atoms with Gasteiger partial charge in [-0.3, -0.25) is 9.98 Å². The van der Waals surface area contributed by atoms with Crippen LogP contribution in [0.2, 0.25) is 0 Å². The number of anilines is 1. The van der Waals surface area contributed by atoms with E-state index in [0.717, 1.165) is 28.8 Å². The zero-order valence-electron chi connectivity index (χ0n) is 9.78. The highest BCUT2D eigenvalue weighted by Crippen LogP contribution is 2.10. The van der Waals surface area contributed by atoms with Crippen LogP contribution in [0.1, 0.15) is 20.3 Å². The fourth-order valence-corrected chi connectivity index (χ4v) is 1.75. The van der Waals surface area contributed by atoms with Crippen molar-refractivity contribution in [3.8, 4) is 0 Å². The summed E-state index contributed by atoms with van der Waals surface area (Å²) in [4.78, 5) is 8.48. The molecular formula is C12H18IN3. The van der Waals surface area contributed by atoms with Crippen LogP contribution in [0.4, 0.5) is 5.69 Å². The molecule has 1 aromatic heterocycles. The third-order valence-corrected chi connectivity index (χ3v) is 2.68. The smallest absolute Gasteiger partial charge is 0.0537 e. The van der Waals surface area contributed by atoms with Crippen molar-refractivity contribution in [1.29, 1.82) is 0 Å². The summed E-state index contributed by atoms with van der Waals surface area (Å²) in [6.45, 7) is 6.12. The third kappa shape index (κ3) is 5.44. The Morgan fingerprint density at radius 2 is 2.38 bits per heavy atom. The second-order valence-corrected chi connectivity index (χ2v) is 5.08. The monoisotopic (exact) mass is 331 g/mol. The van der Waals surface area contributed by atoms with Crippen molar-refractivity contribution in [2.45, 2.75) is 20.3 Å². The predicted molar refractivity (Wildman–Crippen MR) is 78.3 cm³/mol. The molecule has 1 rings (SSSR count). The average Bonchev–Trinajstić information content (AvgIpc) is 2.27. The van der Waals surface area contributed by atoms with Crippen LogP contribution in [0, 0.1) is 9.49 Å². The SMILES string of the molecule is CCC=NCC(C)CNc1cncc(I)c1. The molecule has 88 valence electrons. The quantitative estimate of drug-likeness (QED) is 0.642. The van der Waals surface area contributed by atoms with E-state index in [1.807, 2.05) is 18.6 Å². The van der Waals surface area contributed by atoms with Crippen LogP contribution in [-0.2, 0) is 0 Å². The molecule has 0 saturated carbocycles. The van der Waals surface area contributed by atoms with Gasteiger partial charge in [-0.05, 0) is 47.2 Å². The molecule has 4 heteroatoms. The molecular weight excluding hydrogens is 313 g/mol. The van der Waals surface area contributed by atoms with E-state index in [0.29, 0.717) is 5.92 Å². The summed E-state index contributed by atoms with van der Waals surface area (Å²) in [6.07, 6.45) is 6.69. The van der Waals surface area contributed by atoms with Crippen LogP contribution in [0.15, 0.2) is 23.5 Å². The first-order valence-corrected chi connectivity index (χ1v) is 6.63. The van der Waals surface area contributed by atoms with Crippen LogP contribution in [0.3, 0.4) is 0 Å². The summed E-state index contributed by atoms with van der Waals surface area (Å²) in [7, 11) is 0. The Labute approximate surface area is 111 Å². The molecule has 3 nitrogen and oxygen atoms in total. The molecule has 0 spiro atoms. The van der Waals surface area contributed by atoms with Crippen LogP contribution in [-0.4, -0.2) is 24.3 Å². The first-order chi connectivity index (χ1) is 7.72. The van der Waals surface area contributed by atoms with E-state index >= 15 is 0 Å². The average molecular weight is 331 g/mol. The van der Waals surface area contributed by atoms with Crippen LogP contribution < -0.4 is 5.32 Å². The van der Waals surface area contributed by atoms with Gasteiger partial charge in [0, 0.05) is 22.9 Å². The van der Waals surface area contributed by atoms with Crippen molar-refractivity contribution in [3.63, 3.8) is 0 Å². The van der Waals surface area contributed by atoms with E-state index in [-0.39, 0.29) is 0 Å². The molecule has 1 aromatic rings. The lowest BCUT2D eigenvalue weighted by atomic mass is 10.2. The first kappa shape index (κ1) is 13.4. The number of halogens is 1. The molecule has 0 bridgehead atoms. The van der Waals surface area contributed by atoms with Crippen molar-refractivity contribution in [2.24, 2.45) is 10.9 Å². The molecule has 0 fully saturated rings. The van der Waals surface area contributed by atoms with Crippen molar-refractivity contribution >= 4 is 34.5 Å². The van der Waals surface area contributed by atoms with E-state index < -0.39 is 0 Å². The number of hydrogen-bond donors (Lipinski definition) is 1. The van der Waals surface area contributed by atoms with Gasteiger partial charge >= 0.3 is 0 Å². The molecule has 1 unspecified atom stereocenters. The number of rotatable bonds is 6. The van der Waals surface area contributed by atoms with Gasteiger partial charge < -0.3 is 5.32 Å². The minimum Gasteiger partial charge on any atom is -0.383 e. The van der Waals surface area contributed by atoms with Gasteiger partial charge in [0.1, 0.15) is 0 Å². The minimum absolute atomic E-state index is 0.542. The molecule has 16 heavy (non-hydrogen) atoms. The number of nitrogens with zero attached hydrogens (tertiary/aromatic N) is 2. The summed E-state index contributed by atoms with van der Waals surface area (Å²) >= 11 is 2.26. The minimum atomic E-state index is 0.542. The lowest BCUT2D eigenvalue weighted by Gasteiger charge is -2.11. The van der Waals surface area contributed by atoms with Crippen molar-refractivity contribution in [2.75, 3.05) is 18.4 Å². The highest BCUT2D eigenvalue weighted by atomic mass is 127. The second kappa shape index (κ2) is 7.60. The molecule has 0 aliphatic carbocycles. The molecule has 0 radical (unpaired) electrons. The van der Waals surface area contributed by atoms with Gasteiger partial charge in [-0.15, -0.1) is 0 Å². The third-order valence-electron chi connectivity index (χ3n) is 2.09. The standard InChI is InChI=1S/C12H18IN3/c1-3-4-14-6-10(2)7-16-12-5-11(13)8-15-9-12/h4-5,8-10,16H,3,6-7H2,1-2H3. The Balaban J connectivity index is 2.31. The van der Waals surface area contributed by atoms with E-state index in [9.17, 15) is 0 Å². The Morgan fingerprint density at radius 1 is 1.56 bits per heavy atom. The van der Waals surface area contributed by atoms with Gasteiger partial charge in [-0.25, -0.2) is 0 Å². The fraction of sp³-hybridized carbons (Fsp3) is 0.500. The van der Waals surface area contributed by atoms with Gasteiger partial charge in [-0.2, -0.15) is 0 Å². The van der Waals surface area contributed by atoms with Crippen molar-refractivity contribution < 1.29 is 0 Å². The summed E-state index contributed by atoms with van der Waals surface area (Å²) in [5, 5.41) is 3.37. The van der Waals surface area contributed by atoms with Gasteiger partial charge in [-0.1, -0.05) is 13.8 Å². The largest absolute Gasteiger partial charge is 0.383 e. The number of aliphatic imine (C=N–C) groups is 1. The maximum Gasteiger partial charge on any atom is 0.0537 e. The normalized spacial score (nSPS) is 12.9. The zero-order valence-corrected chi connectivity index (χ0v) is 11.9. The Morgan fingerprint density at radius 3 is 3.06 bits per heavy atom. The second-order valence-electron chi connectivity index (χ2n) is 3.83. The topological polar surface area (TPSA) is 37.3 Å². The summed E-state index contributed by atoms with van der Waals surface area (Å²) in [5.74, 6) is 0.542. The Bertz CT molecular complexity index is 339. The predicted octanol–water partition coefficient (Wildman–Crippen LogP) is 3.22. The number of hydrogen-bond acceptors (Lipinski definition) is 3. The highest BCUT2D eigenvalue weighted by molar-refractivity contribution is 14.1. The maximum atomic E-state index is 4.34. The Kier molecular flexibility index (Phi) is 6.37. The summed E-state index contributed by atoms with van der Waals surface area (Å²) < 4.78 is 1.15. The first-order valence-electron chi connectivity index (χ1n) is 5.55. The van der Waals surface area contributed by atoms with E-state index in [4.69, 9.17) is 0 Å². The lowest BCUT2D eigenvalue weighted by molar-refractivity contribution is 0.630. The highest BCUT2D eigenvalue weighted by Gasteiger charge is 2.00. The number of aromatic nitrogens is 1. The van der Waals surface area contributed by atoms with Crippen molar-refractivity contribution in [1.82, 2.24) is 4.98 Å². The molecule has 0 aliphatic heterocycles. The van der Waals surface area contributed by atoms with E-state index in [1.165, 1.54) is 0 Å². The maximum absolute atomic E-state index is 4.34. The van der Waals surface area contributed by atoms with E-state index in [1.54, 1.807) is 0 Å². The van der Waals surface area contributed by atoms with Crippen LogP contribution >= 0.6 is 22.6 Å². The van der Waals surface area contributed by atoms with Gasteiger partial charge in [0.05, 0.1) is 11.9 Å². The molecule has 1 N–H and O–H groups in total. The Hall–Kier alpha value is -0.650.